The van der Waals surface area contributed by atoms with E-state index in [2.05, 4.69) is 72.8 Å². The van der Waals surface area contributed by atoms with Gasteiger partial charge in [0.2, 0.25) is 0 Å². The van der Waals surface area contributed by atoms with E-state index in [-0.39, 0.29) is 25.7 Å². The van der Waals surface area contributed by atoms with Crippen molar-refractivity contribution >= 4 is 39.5 Å². The molecule has 0 fully saturated rings. The molecule has 4 unspecified atom stereocenters. The number of ether oxygens (including phenoxy) is 4. The first kappa shape index (κ1) is 91.5. The molecule has 0 aliphatic rings. The standard InChI is InChI=1S/C75H142O17P2/c1-8-10-11-12-13-14-15-16-19-23-26-29-34-44-51-58-74(79)91-70(62-85-72(77)56-49-42-36-31-33-40-47-54-67(5)6)64-89-93(81,82)87-60-69(76)61-88-94(83,84)90-65-71(63-86-73(78)57-50-43-38-37-41-48-55-68(7)9-2)92-75(80)59-52-45-35-30-27-24-21-18-17-20-22-25-28-32-39-46-53-66(3)4/h14-16,19,66-71,76H,8-13,17-18,20-65H2,1-7H3,(H,81,82)(H,83,84)/b15-14-,19-16-/t68?,69?,70-,71-/m1/s1. The topological polar surface area (TPSA) is 237 Å². The molecule has 0 aromatic rings. The molecule has 6 atom stereocenters. The lowest BCUT2D eigenvalue weighted by Crippen LogP contribution is -2.30. The quantitative estimate of drug-likeness (QED) is 0.0169. The van der Waals surface area contributed by atoms with E-state index in [1.54, 1.807) is 0 Å². The number of hydrogen-bond donors (Lipinski definition) is 3. The first-order chi connectivity index (χ1) is 45.3. The van der Waals surface area contributed by atoms with Crippen LogP contribution in [0.25, 0.3) is 0 Å². The predicted octanol–water partition coefficient (Wildman–Crippen LogP) is 21.3. The van der Waals surface area contributed by atoms with Gasteiger partial charge in [-0.25, -0.2) is 9.13 Å². The second-order valence-corrected chi connectivity index (χ2v) is 30.5. The van der Waals surface area contributed by atoms with E-state index < -0.39 is 97.5 Å². The summed E-state index contributed by atoms with van der Waals surface area (Å²) >= 11 is 0. The van der Waals surface area contributed by atoms with Gasteiger partial charge in [0.25, 0.3) is 0 Å². The maximum atomic E-state index is 13.1. The van der Waals surface area contributed by atoms with E-state index >= 15 is 0 Å². The van der Waals surface area contributed by atoms with E-state index in [0.717, 1.165) is 127 Å². The number of phosphoric ester groups is 2. The molecule has 0 saturated carbocycles. The van der Waals surface area contributed by atoms with E-state index in [9.17, 15) is 43.2 Å². The number of aliphatic hydroxyl groups is 1. The molecular formula is C75H142O17P2. The van der Waals surface area contributed by atoms with Crippen molar-refractivity contribution in [3.63, 3.8) is 0 Å². The van der Waals surface area contributed by atoms with Gasteiger partial charge in [-0.2, -0.15) is 0 Å². The minimum atomic E-state index is -4.96. The molecule has 0 aliphatic heterocycles. The van der Waals surface area contributed by atoms with Gasteiger partial charge in [0, 0.05) is 25.7 Å². The molecule has 94 heavy (non-hydrogen) atoms. The molecular weight excluding hydrogens is 1230 g/mol. The summed E-state index contributed by atoms with van der Waals surface area (Å²) in [5.41, 5.74) is 0. The predicted molar refractivity (Wildman–Crippen MR) is 381 cm³/mol. The van der Waals surface area contributed by atoms with Gasteiger partial charge in [0.1, 0.15) is 19.3 Å². The largest absolute Gasteiger partial charge is 0.472 e. The van der Waals surface area contributed by atoms with Crippen molar-refractivity contribution in [3.05, 3.63) is 24.3 Å². The number of aliphatic hydroxyl groups excluding tert-OH is 1. The Hall–Kier alpha value is -2.46. The molecule has 17 nitrogen and oxygen atoms in total. The minimum absolute atomic E-state index is 0.0838. The highest BCUT2D eigenvalue weighted by atomic mass is 31.2. The number of phosphoric acid groups is 2. The van der Waals surface area contributed by atoms with Crippen molar-refractivity contribution in [3.8, 4) is 0 Å². The molecule has 3 N–H and O–H groups in total. The highest BCUT2D eigenvalue weighted by Crippen LogP contribution is 2.45. The molecule has 0 rings (SSSR count). The molecule has 0 heterocycles. The summed E-state index contributed by atoms with van der Waals surface area (Å²) in [6.07, 6.45) is 53.7. The van der Waals surface area contributed by atoms with Crippen molar-refractivity contribution in [1.82, 2.24) is 0 Å². The summed E-state index contributed by atoms with van der Waals surface area (Å²) < 4.78 is 68.4. The van der Waals surface area contributed by atoms with Gasteiger partial charge in [-0.1, -0.05) is 304 Å². The second-order valence-electron chi connectivity index (χ2n) is 27.5. The fourth-order valence-corrected chi connectivity index (χ4v) is 12.4. The Bertz CT molecular complexity index is 1930. The van der Waals surface area contributed by atoms with Crippen LogP contribution in [0.1, 0.15) is 357 Å². The Morgan fingerprint density at radius 2 is 0.628 bits per heavy atom. The lowest BCUT2D eigenvalue weighted by molar-refractivity contribution is -0.161. The Kier molecular flexibility index (Phi) is 63.5. The number of carbonyl (C=O) groups excluding carboxylic acids is 4. The third kappa shape index (κ3) is 66.8. The average Bonchev–Trinajstić information content (AvgIpc) is 1.41. The van der Waals surface area contributed by atoms with Crippen LogP contribution < -0.4 is 0 Å². The monoisotopic (exact) mass is 1380 g/mol. The molecule has 19 heteroatoms. The molecule has 0 spiro atoms. The van der Waals surface area contributed by atoms with Crippen LogP contribution in [0.15, 0.2) is 24.3 Å². The van der Waals surface area contributed by atoms with Crippen molar-refractivity contribution in [2.24, 2.45) is 17.8 Å². The SMILES string of the molecule is CCCCCC/C=C\C=C/CCCCCCCC(=O)O[C@H](COC(=O)CCCCCCCCCC(C)C)COP(=O)(O)OCC(O)COP(=O)(O)OC[C@@H](COC(=O)CCCCCCCCC(C)CC)OC(=O)CCCCCCCCCCCCCCCCCCC(C)C. The van der Waals surface area contributed by atoms with Crippen LogP contribution in [0.3, 0.4) is 0 Å². The molecule has 0 aromatic heterocycles. The molecule has 0 amide bonds. The zero-order valence-corrected chi connectivity index (χ0v) is 62.7. The summed E-state index contributed by atoms with van der Waals surface area (Å²) in [6, 6.07) is 0. The maximum absolute atomic E-state index is 13.1. The fourth-order valence-electron chi connectivity index (χ4n) is 10.9. The summed E-state index contributed by atoms with van der Waals surface area (Å²) in [5, 5.41) is 10.6. The number of esters is 4. The zero-order chi connectivity index (χ0) is 69.4. The summed E-state index contributed by atoms with van der Waals surface area (Å²) in [5.74, 6) is 0.0859. The first-order valence-electron chi connectivity index (χ1n) is 38.2. The van der Waals surface area contributed by atoms with Crippen LogP contribution >= 0.6 is 15.6 Å². The number of rotatable bonds is 71. The lowest BCUT2D eigenvalue weighted by Gasteiger charge is -2.21. The van der Waals surface area contributed by atoms with Crippen molar-refractivity contribution < 1.29 is 80.2 Å². The van der Waals surface area contributed by atoms with E-state index in [1.807, 2.05) is 0 Å². The van der Waals surface area contributed by atoms with Gasteiger partial charge >= 0.3 is 39.5 Å². The van der Waals surface area contributed by atoms with Crippen molar-refractivity contribution in [2.75, 3.05) is 39.6 Å². The molecule has 0 aliphatic carbocycles. The second kappa shape index (κ2) is 65.2. The van der Waals surface area contributed by atoms with Gasteiger partial charge in [-0.3, -0.25) is 37.3 Å². The van der Waals surface area contributed by atoms with Crippen LogP contribution in [-0.2, 0) is 65.4 Å². The van der Waals surface area contributed by atoms with Crippen LogP contribution in [0.4, 0.5) is 0 Å². The van der Waals surface area contributed by atoms with Gasteiger partial charge < -0.3 is 33.8 Å². The Labute approximate surface area is 573 Å². The van der Waals surface area contributed by atoms with Crippen molar-refractivity contribution in [1.29, 1.82) is 0 Å². The third-order valence-electron chi connectivity index (χ3n) is 17.1. The van der Waals surface area contributed by atoms with Gasteiger partial charge in [0.05, 0.1) is 26.4 Å². The van der Waals surface area contributed by atoms with Gasteiger partial charge in [-0.15, -0.1) is 0 Å². The Morgan fingerprint density at radius 1 is 0.351 bits per heavy atom. The lowest BCUT2D eigenvalue weighted by atomic mass is 10.00. The maximum Gasteiger partial charge on any atom is 0.472 e. The van der Waals surface area contributed by atoms with Gasteiger partial charge in [-0.05, 0) is 69.1 Å². The van der Waals surface area contributed by atoms with E-state index in [0.29, 0.717) is 31.6 Å². The highest BCUT2D eigenvalue weighted by Gasteiger charge is 2.30. The number of allylic oxidation sites excluding steroid dienone is 4. The first-order valence-corrected chi connectivity index (χ1v) is 41.2. The van der Waals surface area contributed by atoms with Crippen LogP contribution in [0.5, 0.6) is 0 Å². The molecule has 0 saturated heterocycles. The number of carbonyl (C=O) groups is 4. The number of unbranched alkanes of at least 4 members (excludes halogenated alkanes) is 35. The van der Waals surface area contributed by atoms with Crippen LogP contribution in [-0.4, -0.2) is 96.7 Å². The van der Waals surface area contributed by atoms with Crippen LogP contribution in [0.2, 0.25) is 0 Å². The zero-order valence-electron chi connectivity index (χ0n) is 60.9. The summed E-state index contributed by atoms with van der Waals surface area (Å²) in [6.45, 7) is 11.7. The molecule has 0 radical (unpaired) electrons. The van der Waals surface area contributed by atoms with Gasteiger partial charge in [0.15, 0.2) is 12.2 Å². The van der Waals surface area contributed by atoms with E-state index in [1.165, 1.54) is 141 Å². The van der Waals surface area contributed by atoms with E-state index in [4.69, 9.17) is 37.0 Å². The molecule has 0 bridgehead atoms. The number of hydrogen-bond acceptors (Lipinski definition) is 15. The summed E-state index contributed by atoms with van der Waals surface area (Å²) in [4.78, 5) is 72.7. The van der Waals surface area contributed by atoms with Crippen LogP contribution in [0, 0.1) is 17.8 Å². The molecule has 0 aromatic carbocycles. The van der Waals surface area contributed by atoms with Crippen molar-refractivity contribution in [2.45, 2.75) is 375 Å². The summed E-state index contributed by atoms with van der Waals surface area (Å²) in [7, 11) is -9.92. The minimum Gasteiger partial charge on any atom is -0.462 e. The molecule has 554 valence electrons. The smallest absolute Gasteiger partial charge is 0.462 e. The highest BCUT2D eigenvalue weighted by molar-refractivity contribution is 7.47. The Balaban J connectivity index is 5.24. The normalized spacial score (nSPS) is 14.6. The fraction of sp³-hybridized carbons (Fsp3) is 0.893. The average molecular weight is 1380 g/mol. The Morgan fingerprint density at radius 3 is 0.947 bits per heavy atom. The third-order valence-corrected chi connectivity index (χ3v) is 19.0.